The first-order chi connectivity index (χ1) is 10.9. The number of hydrogen-bond donors (Lipinski definition) is 0. The molecule has 0 spiro atoms. The number of esters is 1. The van der Waals surface area contributed by atoms with Gasteiger partial charge in [0.05, 0.1) is 15.5 Å². The minimum Gasteiger partial charge on any atom is -0.452 e. The highest BCUT2D eigenvalue weighted by atomic mass is 35.5. The predicted molar refractivity (Wildman–Crippen MR) is 83.4 cm³/mol. The van der Waals surface area contributed by atoms with Gasteiger partial charge in [-0.25, -0.2) is 4.79 Å². The molecule has 1 aromatic carbocycles. The molecule has 1 saturated heterocycles. The minimum atomic E-state index is -0.850. The summed E-state index contributed by atoms with van der Waals surface area (Å²) in [6, 6.07) is 3.61. The van der Waals surface area contributed by atoms with Gasteiger partial charge in [-0.15, -0.1) is 0 Å². The average Bonchev–Trinajstić information content (AvgIpc) is 2.53. The van der Waals surface area contributed by atoms with Gasteiger partial charge in [-0.3, -0.25) is 14.9 Å². The van der Waals surface area contributed by atoms with E-state index >= 15 is 0 Å². The third kappa shape index (κ3) is 4.19. The number of amides is 1. The number of piperidine rings is 1. The Morgan fingerprint density at radius 1 is 1.43 bits per heavy atom. The van der Waals surface area contributed by atoms with Gasteiger partial charge in [-0.05, 0) is 32.3 Å². The molecule has 23 heavy (non-hydrogen) atoms. The van der Waals surface area contributed by atoms with Crippen molar-refractivity contribution in [1.29, 1.82) is 0 Å². The van der Waals surface area contributed by atoms with E-state index in [4.69, 9.17) is 16.3 Å². The smallest absolute Gasteiger partial charge is 0.340 e. The summed E-state index contributed by atoms with van der Waals surface area (Å²) >= 11 is 5.86. The van der Waals surface area contributed by atoms with Gasteiger partial charge in [0.2, 0.25) is 0 Å². The van der Waals surface area contributed by atoms with Crippen LogP contribution in [0.4, 0.5) is 5.69 Å². The van der Waals surface area contributed by atoms with Gasteiger partial charge in [0, 0.05) is 24.7 Å². The zero-order valence-electron chi connectivity index (χ0n) is 12.7. The molecule has 0 N–H and O–H groups in total. The predicted octanol–water partition coefficient (Wildman–Crippen LogP) is 2.81. The van der Waals surface area contributed by atoms with E-state index in [1.807, 2.05) is 6.92 Å². The van der Waals surface area contributed by atoms with Crippen LogP contribution in [0.25, 0.3) is 0 Å². The maximum atomic E-state index is 12.1. The fourth-order valence-corrected chi connectivity index (χ4v) is 2.73. The Morgan fingerprint density at radius 2 is 2.17 bits per heavy atom. The van der Waals surface area contributed by atoms with Gasteiger partial charge in [-0.1, -0.05) is 11.6 Å². The molecule has 1 aromatic rings. The fourth-order valence-electron chi connectivity index (χ4n) is 2.54. The Morgan fingerprint density at radius 3 is 2.83 bits per heavy atom. The SMILES string of the molecule is C[C@H]1CCCCN1C(=O)COC(=O)c1cc([N+](=O)[O-])ccc1Cl. The summed E-state index contributed by atoms with van der Waals surface area (Å²) in [6.07, 6.45) is 2.94. The summed E-state index contributed by atoms with van der Waals surface area (Å²) in [4.78, 5) is 35.9. The molecule has 124 valence electrons. The lowest BCUT2D eigenvalue weighted by Crippen LogP contribution is -2.44. The van der Waals surface area contributed by atoms with E-state index in [-0.39, 0.29) is 28.2 Å². The van der Waals surface area contributed by atoms with Crippen LogP contribution in [0.1, 0.15) is 36.5 Å². The van der Waals surface area contributed by atoms with Gasteiger partial charge in [0.15, 0.2) is 6.61 Å². The summed E-state index contributed by atoms with van der Waals surface area (Å²) < 4.78 is 4.97. The highest BCUT2D eigenvalue weighted by molar-refractivity contribution is 6.33. The van der Waals surface area contributed by atoms with E-state index in [0.717, 1.165) is 25.3 Å². The number of rotatable bonds is 4. The summed E-state index contributed by atoms with van der Waals surface area (Å²) in [5.41, 5.74) is -0.391. The normalized spacial score (nSPS) is 17.7. The average molecular weight is 341 g/mol. The van der Waals surface area contributed by atoms with Crippen molar-refractivity contribution in [1.82, 2.24) is 4.90 Å². The Kier molecular flexibility index (Phi) is 5.54. The molecule has 1 atom stereocenters. The molecule has 1 amide bonds. The Labute approximate surface area is 138 Å². The Hall–Kier alpha value is -2.15. The molecule has 0 bridgehead atoms. The number of non-ortho nitro benzene ring substituents is 1. The number of nitro benzene ring substituents is 1. The second-order valence-corrected chi connectivity index (χ2v) is 5.84. The number of carbonyl (C=O) groups is 2. The molecule has 1 heterocycles. The zero-order valence-corrected chi connectivity index (χ0v) is 13.4. The van der Waals surface area contributed by atoms with Crippen molar-refractivity contribution in [3.8, 4) is 0 Å². The third-order valence-electron chi connectivity index (χ3n) is 3.83. The monoisotopic (exact) mass is 340 g/mol. The van der Waals surface area contributed by atoms with Crippen molar-refractivity contribution in [2.24, 2.45) is 0 Å². The third-order valence-corrected chi connectivity index (χ3v) is 4.16. The van der Waals surface area contributed by atoms with Gasteiger partial charge >= 0.3 is 5.97 Å². The minimum absolute atomic E-state index is 0.0411. The molecule has 1 fully saturated rings. The second kappa shape index (κ2) is 7.41. The molecule has 0 aliphatic carbocycles. The van der Waals surface area contributed by atoms with Crippen LogP contribution in [-0.4, -0.2) is 40.9 Å². The molecular weight excluding hydrogens is 324 g/mol. The molecule has 2 rings (SSSR count). The van der Waals surface area contributed by atoms with Crippen molar-refractivity contribution in [3.63, 3.8) is 0 Å². The highest BCUT2D eigenvalue weighted by Crippen LogP contribution is 2.23. The van der Waals surface area contributed by atoms with E-state index in [0.29, 0.717) is 6.54 Å². The number of benzene rings is 1. The van der Waals surface area contributed by atoms with Crippen LogP contribution < -0.4 is 0 Å². The standard InChI is InChI=1S/C15H17ClN2O5/c1-10-4-2-3-7-17(10)14(19)9-23-15(20)12-8-11(18(21)22)5-6-13(12)16/h5-6,8,10H,2-4,7,9H2,1H3/t10-/m0/s1. The van der Waals surface area contributed by atoms with E-state index in [1.54, 1.807) is 4.90 Å². The van der Waals surface area contributed by atoms with Gasteiger partial charge < -0.3 is 9.64 Å². The topological polar surface area (TPSA) is 89.8 Å². The van der Waals surface area contributed by atoms with E-state index in [1.165, 1.54) is 12.1 Å². The van der Waals surface area contributed by atoms with Crippen LogP contribution in [0.15, 0.2) is 18.2 Å². The number of likely N-dealkylation sites (tertiary alicyclic amines) is 1. The summed E-state index contributed by atoms with van der Waals surface area (Å²) in [5, 5.41) is 10.8. The lowest BCUT2D eigenvalue weighted by atomic mass is 10.0. The molecule has 7 nitrogen and oxygen atoms in total. The van der Waals surface area contributed by atoms with E-state index in [9.17, 15) is 19.7 Å². The van der Waals surface area contributed by atoms with Crippen LogP contribution in [-0.2, 0) is 9.53 Å². The van der Waals surface area contributed by atoms with Crippen molar-refractivity contribution < 1.29 is 19.2 Å². The maximum absolute atomic E-state index is 12.1. The number of nitro groups is 1. The van der Waals surface area contributed by atoms with Crippen LogP contribution in [0.3, 0.4) is 0 Å². The van der Waals surface area contributed by atoms with Gasteiger partial charge in [-0.2, -0.15) is 0 Å². The largest absolute Gasteiger partial charge is 0.452 e. The Balaban J connectivity index is 2.00. The fraction of sp³-hybridized carbons (Fsp3) is 0.467. The summed E-state index contributed by atoms with van der Waals surface area (Å²) in [7, 11) is 0. The lowest BCUT2D eigenvalue weighted by Gasteiger charge is -2.33. The number of halogens is 1. The van der Waals surface area contributed by atoms with Crippen molar-refractivity contribution in [3.05, 3.63) is 38.9 Å². The first kappa shape index (κ1) is 17.2. The molecule has 1 aliphatic heterocycles. The second-order valence-electron chi connectivity index (χ2n) is 5.43. The lowest BCUT2D eigenvalue weighted by molar-refractivity contribution is -0.384. The summed E-state index contributed by atoms with van der Waals surface area (Å²) in [5.74, 6) is -1.12. The molecule has 0 aromatic heterocycles. The number of carbonyl (C=O) groups excluding carboxylic acids is 2. The van der Waals surface area contributed by atoms with Crippen molar-refractivity contribution >= 4 is 29.2 Å². The molecule has 0 radical (unpaired) electrons. The maximum Gasteiger partial charge on any atom is 0.340 e. The highest BCUT2D eigenvalue weighted by Gasteiger charge is 2.25. The number of hydrogen-bond acceptors (Lipinski definition) is 5. The molecule has 8 heteroatoms. The molecular formula is C15H17ClN2O5. The summed E-state index contributed by atoms with van der Waals surface area (Å²) in [6.45, 7) is 2.20. The van der Waals surface area contributed by atoms with E-state index in [2.05, 4.69) is 0 Å². The Bertz CT molecular complexity index is 634. The van der Waals surface area contributed by atoms with Crippen molar-refractivity contribution in [2.75, 3.05) is 13.2 Å². The molecule has 1 aliphatic rings. The van der Waals surface area contributed by atoms with Crippen molar-refractivity contribution in [2.45, 2.75) is 32.2 Å². The first-order valence-corrected chi connectivity index (χ1v) is 7.68. The quantitative estimate of drug-likeness (QED) is 0.477. The first-order valence-electron chi connectivity index (χ1n) is 7.30. The van der Waals surface area contributed by atoms with Crippen LogP contribution in [0.2, 0.25) is 5.02 Å². The van der Waals surface area contributed by atoms with Crippen LogP contribution >= 0.6 is 11.6 Å². The number of ether oxygens (including phenoxy) is 1. The van der Waals surface area contributed by atoms with Gasteiger partial charge in [0.1, 0.15) is 0 Å². The molecule has 0 unspecified atom stereocenters. The van der Waals surface area contributed by atoms with E-state index < -0.39 is 17.5 Å². The number of nitrogens with zero attached hydrogens (tertiary/aromatic N) is 2. The van der Waals surface area contributed by atoms with Crippen LogP contribution in [0, 0.1) is 10.1 Å². The molecule has 0 saturated carbocycles. The van der Waals surface area contributed by atoms with Gasteiger partial charge in [0.25, 0.3) is 11.6 Å². The zero-order chi connectivity index (χ0) is 17.0. The van der Waals surface area contributed by atoms with Crippen LogP contribution in [0.5, 0.6) is 0 Å².